The molecule has 1 heterocycles. The zero-order valence-electron chi connectivity index (χ0n) is 8.36. The van der Waals surface area contributed by atoms with Crippen LogP contribution in [0.4, 0.5) is 0 Å². The third-order valence-corrected chi connectivity index (χ3v) is 1.87. The van der Waals surface area contributed by atoms with Crippen LogP contribution in [-0.4, -0.2) is 80.4 Å². The molecule has 0 radical (unpaired) electrons. The van der Waals surface area contributed by atoms with Crippen molar-refractivity contribution >= 4 is 10.4 Å². The first-order chi connectivity index (χ1) is 7.57. The van der Waals surface area contributed by atoms with Crippen molar-refractivity contribution in [3.8, 4) is 0 Å². The van der Waals surface area contributed by atoms with Gasteiger partial charge in [-0.2, -0.15) is 8.42 Å². The van der Waals surface area contributed by atoms with Gasteiger partial charge in [0.2, 0.25) is 0 Å². The summed E-state index contributed by atoms with van der Waals surface area (Å²) < 4.78 is 36.2. The lowest BCUT2D eigenvalue weighted by Crippen LogP contribution is -2.58. The number of ether oxygens (including phenoxy) is 1. The van der Waals surface area contributed by atoms with Crippen molar-refractivity contribution < 1.29 is 47.8 Å². The van der Waals surface area contributed by atoms with E-state index >= 15 is 0 Å². The second kappa shape index (κ2) is 6.53. The molecule has 0 amide bonds. The average molecular weight is 278 g/mol. The largest absolute Gasteiger partial charge is 0.394 e. The molecular weight excluding hydrogens is 264 g/mol. The Bertz CT molecular complexity index is 302. The summed E-state index contributed by atoms with van der Waals surface area (Å²) in [4.78, 5) is 0. The predicted octanol–water partition coefficient (Wildman–Crippen LogP) is -3.87. The Kier molecular flexibility index (Phi) is 6.39. The van der Waals surface area contributed by atoms with Crippen molar-refractivity contribution in [1.29, 1.82) is 0 Å². The van der Waals surface area contributed by atoms with E-state index < -0.39 is 47.7 Å². The van der Waals surface area contributed by atoms with Gasteiger partial charge in [0, 0.05) is 0 Å². The summed E-state index contributed by atoms with van der Waals surface area (Å²) in [7, 11) is -4.67. The lowest BCUT2D eigenvalue weighted by atomic mass is 10.00. The highest BCUT2D eigenvalue weighted by Crippen LogP contribution is 2.18. The number of rotatable bonds is 1. The van der Waals surface area contributed by atoms with Crippen molar-refractivity contribution in [1.82, 2.24) is 0 Å². The van der Waals surface area contributed by atoms with Crippen molar-refractivity contribution in [3.05, 3.63) is 0 Å². The van der Waals surface area contributed by atoms with Crippen LogP contribution in [0.3, 0.4) is 0 Å². The summed E-state index contributed by atoms with van der Waals surface area (Å²) >= 11 is 0. The van der Waals surface area contributed by atoms with E-state index in [1.165, 1.54) is 0 Å². The van der Waals surface area contributed by atoms with Crippen LogP contribution in [0, 0.1) is 0 Å². The summed E-state index contributed by atoms with van der Waals surface area (Å²) in [6.07, 6.45) is -7.04. The van der Waals surface area contributed by atoms with E-state index in [1.807, 2.05) is 0 Å². The molecule has 104 valence electrons. The third kappa shape index (κ3) is 6.21. The van der Waals surface area contributed by atoms with Crippen molar-refractivity contribution in [3.63, 3.8) is 0 Å². The van der Waals surface area contributed by atoms with Crippen LogP contribution in [0.15, 0.2) is 0 Å². The number of hydrogen-bond donors (Lipinski definition) is 7. The summed E-state index contributed by atoms with van der Waals surface area (Å²) in [6, 6.07) is 0. The Balaban J connectivity index is 0.000000437. The van der Waals surface area contributed by atoms with Crippen LogP contribution < -0.4 is 0 Å². The molecule has 0 bridgehead atoms. The van der Waals surface area contributed by atoms with Gasteiger partial charge in [-0.25, -0.2) is 0 Å². The molecule has 10 nitrogen and oxygen atoms in total. The van der Waals surface area contributed by atoms with Crippen molar-refractivity contribution in [2.24, 2.45) is 0 Å². The Hall–Kier alpha value is -0.370. The molecule has 1 saturated heterocycles. The average Bonchev–Trinajstić information content (AvgIpc) is 2.18. The van der Waals surface area contributed by atoms with Crippen LogP contribution >= 0.6 is 0 Å². The quantitative estimate of drug-likeness (QED) is 0.234. The van der Waals surface area contributed by atoms with Crippen LogP contribution in [0.1, 0.15) is 0 Å². The van der Waals surface area contributed by atoms with Gasteiger partial charge in [-0.1, -0.05) is 0 Å². The smallest absolute Gasteiger partial charge is 0.394 e. The van der Waals surface area contributed by atoms with Gasteiger partial charge < -0.3 is 30.3 Å². The molecule has 11 heteroatoms. The van der Waals surface area contributed by atoms with Gasteiger partial charge in [-0.3, -0.25) is 9.11 Å². The van der Waals surface area contributed by atoms with Gasteiger partial charge in [0.1, 0.15) is 24.4 Å². The highest BCUT2D eigenvalue weighted by Gasteiger charge is 2.42. The SMILES string of the molecule is O=S(=O)(O)O.OC[C@H]1O[C@@H](O)[C@H](O)[C@@H](O)[C@H]1O. The molecule has 0 unspecified atom stereocenters. The second-order valence-corrected chi connectivity index (χ2v) is 4.06. The molecule has 0 saturated carbocycles. The molecule has 0 aliphatic carbocycles. The van der Waals surface area contributed by atoms with Gasteiger partial charge in [0.25, 0.3) is 0 Å². The van der Waals surface area contributed by atoms with E-state index in [0.717, 1.165) is 0 Å². The zero-order chi connectivity index (χ0) is 13.8. The van der Waals surface area contributed by atoms with E-state index in [2.05, 4.69) is 4.74 Å². The highest BCUT2D eigenvalue weighted by molar-refractivity contribution is 7.79. The minimum absolute atomic E-state index is 0.526. The molecular formula is C6H14O10S. The lowest BCUT2D eigenvalue weighted by molar-refractivity contribution is -0.286. The maximum Gasteiger partial charge on any atom is 0.394 e. The summed E-state index contributed by atoms with van der Waals surface area (Å²) in [5.41, 5.74) is 0. The molecule has 5 atom stereocenters. The molecule has 7 N–H and O–H groups in total. The monoisotopic (exact) mass is 278 g/mol. The zero-order valence-corrected chi connectivity index (χ0v) is 9.17. The third-order valence-electron chi connectivity index (χ3n) is 1.87. The van der Waals surface area contributed by atoms with Gasteiger partial charge in [0.05, 0.1) is 6.61 Å². The first-order valence-corrected chi connectivity index (χ1v) is 5.66. The Morgan fingerprint density at radius 2 is 1.35 bits per heavy atom. The Morgan fingerprint density at radius 3 is 1.71 bits per heavy atom. The van der Waals surface area contributed by atoms with E-state index in [9.17, 15) is 0 Å². The highest BCUT2D eigenvalue weighted by atomic mass is 32.3. The van der Waals surface area contributed by atoms with Crippen LogP contribution in [0.2, 0.25) is 0 Å². The van der Waals surface area contributed by atoms with Gasteiger partial charge in [0.15, 0.2) is 6.29 Å². The topological polar surface area (TPSA) is 185 Å². The van der Waals surface area contributed by atoms with E-state index in [1.54, 1.807) is 0 Å². The molecule has 1 rings (SSSR count). The summed E-state index contributed by atoms with van der Waals surface area (Å²) in [6.45, 7) is -0.526. The fourth-order valence-electron chi connectivity index (χ4n) is 1.08. The maximum atomic E-state index is 9.12. The fraction of sp³-hybridized carbons (Fsp3) is 1.00. The normalized spacial score (nSPS) is 38.2. The minimum Gasteiger partial charge on any atom is -0.394 e. The van der Waals surface area contributed by atoms with E-state index in [0.29, 0.717) is 0 Å². The first kappa shape index (κ1) is 16.6. The van der Waals surface area contributed by atoms with E-state index in [4.69, 9.17) is 43.1 Å². The molecule has 17 heavy (non-hydrogen) atoms. The summed E-state index contributed by atoms with van der Waals surface area (Å²) in [5.74, 6) is 0. The van der Waals surface area contributed by atoms with Gasteiger partial charge in [-0.15, -0.1) is 0 Å². The minimum atomic E-state index is -4.67. The van der Waals surface area contributed by atoms with E-state index in [-0.39, 0.29) is 0 Å². The van der Waals surface area contributed by atoms with Crippen molar-refractivity contribution in [2.75, 3.05) is 6.61 Å². The molecule has 0 spiro atoms. The van der Waals surface area contributed by atoms with Gasteiger partial charge in [-0.05, 0) is 0 Å². The number of hydrogen-bond acceptors (Lipinski definition) is 8. The molecule has 0 aromatic rings. The molecule has 0 aromatic heterocycles. The number of aliphatic hydroxyl groups excluding tert-OH is 5. The predicted molar refractivity (Wildman–Crippen MR) is 50.2 cm³/mol. The standard InChI is InChI=1S/C6H12O6.H2O4S/c7-1-2-3(8)4(9)5(10)6(11)12-2;1-5(2,3)4/h2-11H,1H2;(H2,1,2,3,4)/t2-,3+,4+,5-,6-;/m1./s1. The summed E-state index contributed by atoms with van der Waals surface area (Å²) in [5, 5.41) is 44.7. The molecule has 1 fully saturated rings. The van der Waals surface area contributed by atoms with Crippen LogP contribution in [-0.2, 0) is 15.1 Å². The fourth-order valence-corrected chi connectivity index (χ4v) is 1.08. The maximum absolute atomic E-state index is 9.12. The molecule has 0 aromatic carbocycles. The lowest BCUT2D eigenvalue weighted by Gasteiger charge is -2.37. The first-order valence-electron chi connectivity index (χ1n) is 4.26. The molecule has 1 aliphatic rings. The van der Waals surface area contributed by atoms with Gasteiger partial charge >= 0.3 is 10.4 Å². The Labute approximate surface area is 96.3 Å². The van der Waals surface area contributed by atoms with Crippen molar-refractivity contribution in [2.45, 2.75) is 30.7 Å². The number of aliphatic hydroxyl groups is 5. The molecule has 1 aliphatic heterocycles. The van der Waals surface area contributed by atoms with Crippen LogP contribution in [0.5, 0.6) is 0 Å². The second-order valence-electron chi connectivity index (χ2n) is 3.17. The van der Waals surface area contributed by atoms with Crippen LogP contribution in [0.25, 0.3) is 0 Å². The Morgan fingerprint density at radius 1 is 0.941 bits per heavy atom.